The Morgan fingerprint density at radius 2 is 1.77 bits per heavy atom. The van der Waals surface area contributed by atoms with E-state index in [1.165, 1.54) is 32.1 Å². The Bertz CT molecular complexity index is 588. The van der Waals surface area contributed by atoms with E-state index in [1.807, 2.05) is 0 Å². The maximum Gasteiger partial charge on any atom is 0.229 e. The molecule has 0 amide bonds. The third-order valence-corrected chi connectivity index (χ3v) is 5.18. The lowest BCUT2D eigenvalue weighted by atomic mass is 10.1. The van der Waals surface area contributed by atoms with E-state index in [0.29, 0.717) is 12.1 Å². The lowest BCUT2D eigenvalue weighted by Gasteiger charge is -2.21. The second-order valence-electron chi connectivity index (χ2n) is 7.00. The molecule has 1 rings (SSSR count). The lowest BCUT2D eigenvalue weighted by molar-refractivity contribution is 0.155. The minimum atomic E-state index is -3.27. The van der Waals surface area contributed by atoms with Crippen LogP contribution in [0, 0.1) is 0 Å². The Balaban J connectivity index is 2.32. The molecule has 0 radical (unpaired) electrons. The molecule has 0 fully saturated rings. The molecule has 0 spiro atoms. The number of anilines is 1. The van der Waals surface area contributed by atoms with Crippen LogP contribution >= 0.6 is 0 Å². The predicted octanol–water partition coefficient (Wildman–Crippen LogP) is 4.16. The van der Waals surface area contributed by atoms with E-state index < -0.39 is 16.1 Å². The molecule has 0 aliphatic rings. The van der Waals surface area contributed by atoms with Crippen LogP contribution in [0.1, 0.15) is 70.5 Å². The molecular weight excluding hydrogens is 352 g/mol. The van der Waals surface area contributed by atoms with E-state index >= 15 is 0 Å². The maximum atomic E-state index is 11.2. The smallest absolute Gasteiger partial charge is 0.229 e. The van der Waals surface area contributed by atoms with Crippen molar-refractivity contribution in [3.05, 3.63) is 29.8 Å². The zero-order chi connectivity index (χ0) is 19.4. The number of hydrogen-bond acceptors (Lipinski definition) is 4. The number of sulfonamides is 1. The number of unbranched alkanes of at least 4 members (excludes halogenated alkanes) is 4. The summed E-state index contributed by atoms with van der Waals surface area (Å²) in [6.07, 6.45) is 8.78. The van der Waals surface area contributed by atoms with Gasteiger partial charge in [0.15, 0.2) is 0 Å². The molecule has 0 saturated carbocycles. The van der Waals surface area contributed by atoms with Gasteiger partial charge in [-0.05, 0) is 56.6 Å². The van der Waals surface area contributed by atoms with Crippen molar-refractivity contribution in [2.75, 3.05) is 30.6 Å². The van der Waals surface area contributed by atoms with Gasteiger partial charge in [0.05, 0.1) is 12.4 Å². The normalized spacial score (nSPS) is 13.1. The fourth-order valence-corrected chi connectivity index (χ4v) is 3.59. The molecule has 1 aromatic rings. The highest BCUT2D eigenvalue weighted by atomic mass is 32.2. The van der Waals surface area contributed by atoms with Crippen LogP contribution in [0.5, 0.6) is 0 Å². The second kappa shape index (κ2) is 12.3. The molecule has 1 aromatic carbocycles. The van der Waals surface area contributed by atoms with Crippen LogP contribution in [0.2, 0.25) is 0 Å². The highest BCUT2D eigenvalue weighted by molar-refractivity contribution is 7.92. The SMILES string of the molecule is CCCCCCCN(CC)[14CH2]CC[14C@@H](O)c1ccc(NS(C)(=O)=O)cc1. The fourth-order valence-electron chi connectivity index (χ4n) is 3.03. The topological polar surface area (TPSA) is 69.6 Å². The van der Waals surface area contributed by atoms with Crippen molar-refractivity contribution in [1.29, 1.82) is 0 Å². The molecule has 1 atom stereocenters. The summed E-state index contributed by atoms with van der Waals surface area (Å²) in [5, 5.41) is 10.3. The van der Waals surface area contributed by atoms with Crippen LogP contribution < -0.4 is 4.72 Å². The van der Waals surface area contributed by atoms with Crippen LogP contribution in [0.15, 0.2) is 24.3 Å². The van der Waals surface area contributed by atoms with Crippen LogP contribution in [0.4, 0.5) is 5.69 Å². The Kier molecular flexibility index (Phi) is 10.9. The van der Waals surface area contributed by atoms with Gasteiger partial charge in [-0.15, -0.1) is 0 Å². The maximum absolute atomic E-state index is 11.2. The van der Waals surface area contributed by atoms with Crippen LogP contribution in [-0.4, -0.2) is 44.3 Å². The summed E-state index contributed by atoms with van der Waals surface area (Å²) >= 11 is 0. The molecule has 150 valence electrons. The van der Waals surface area contributed by atoms with Crippen LogP contribution in [0.3, 0.4) is 0 Å². The van der Waals surface area contributed by atoms with E-state index in [2.05, 4.69) is 23.5 Å². The monoisotopic (exact) mass is 388 g/mol. The van der Waals surface area contributed by atoms with Gasteiger partial charge in [-0.3, -0.25) is 4.72 Å². The average Bonchev–Trinajstić information content (AvgIpc) is 2.59. The number of nitrogens with one attached hydrogen (secondary N) is 1. The van der Waals surface area contributed by atoms with Gasteiger partial charge in [0.25, 0.3) is 0 Å². The first kappa shape index (κ1) is 22.9. The summed E-state index contributed by atoms with van der Waals surface area (Å²) < 4.78 is 24.9. The van der Waals surface area contributed by atoms with E-state index in [0.717, 1.165) is 37.9 Å². The third kappa shape index (κ3) is 10.1. The quantitative estimate of drug-likeness (QED) is 0.470. The minimum Gasteiger partial charge on any atom is -0.388 e. The molecule has 0 unspecified atom stereocenters. The van der Waals surface area contributed by atoms with Gasteiger partial charge < -0.3 is 10.0 Å². The molecular formula is C20H36N2O3S. The van der Waals surface area contributed by atoms with Crippen molar-refractivity contribution in [1.82, 2.24) is 4.90 Å². The minimum absolute atomic E-state index is 0.509. The average molecular weight is 389 g/mol. The summed E-state index contributed by atoms with van der Waals surface area (Å²) in [6, 6.07) is 6.94. The van der Waals surface area contributed by atoms with Crippen molar-refractivity contribution in [2.45, 2.75) is 64.9 Å². The van der Waals surface area contributed by atoms with E-state index in [9.17, 15) is 13.5 Å². The van der Waals surface area contributed by atoms with Crippen LogP contribution in [-0.2, 0) is 10.0 Å². The molecule has 26 heavy (non-hydrogen) atoms. The molecule has 0 heterocycles. The van der Waals surface area contributed by atoms with Crippen molar-refractivity contribution in [3.63, 3.8) is 0 Å². The highest BCUT2D eigenvalue weighted by Gasteiger charge is 2.10. The zero-order valence-corrected chi connectivity index (χ0v) is 17.4. The molecule has 2 N–H and O–H groups in total. The van der Waals surface area contributed by atoms with Gasteiger partial charge in [-0.2, -0.15) is 0 Å². The standard InChI is InChI=1S/C20H36N2O3S/c1-4-6-7-8-9-16-22(5-2)17-10-11-20(23)18-12-14-19(15-13-18)21-26(3,24)25/h12-15,20-21,23H,4-11,16-17H2,1-3H3/t20-/m1/s1/i17+2,20+2. The number of aliphatic hydroxyl groups excluding tert-OH is 1. The first-order valence-electron chi connectivity index (χ1n) is 9.84. The summed E-state index contributed by atoms with van der Waals surface area (Å²) in [4.78, 5) is 2.46. The Morgan fingerprint density at radius 3 is 2.35 bits per heavy atom. The van der Waals surface area contributed by atoms with E-state index in [-0.39, 0.29) is 0 Å². The van der Waals surface area contributed by atoms with E-state index in [4.69, 9.17) is 0 Å². The van der Waals surface area contributed by atoms with Crippen molar-refractivity contribution in [3.8, 4) is 0 Å². The number of nitrogens with zero attached hydrogens (tertiary/aromatic N) is 1. The summed E-state index contributed by atoms with van der Waals surface area (Å²) in [6.45, 7) is 7.63. The van der Waals surface area contributed by atoms with Gasteiger partial charge in [0, 0.05) is 5.69 Å². The van der Waals surface area contributed by atoms with Gasteiger partial charge in [-0.1, -0.05) is 51.7 Å². The van der Waals surface area contributed by atoms with Gasteiger partial charge in [0.2, 0.25) is 10.0 Å². The Morgan fingerprint density at radius 1 is 1.12 bits per heavy atom. The Labute approximate surface area is 159 Å². The number of hydrogen-bond donors (Lipinski definition) is 2. The molecule has 0 aliphatic carbocycles. The molecule has 0 aromatic heterocycles. The van der Waals surface area contributed by atoms with Crippen molar-refractivity contribution < 1.29 is 13.5 Å². The van der Waals surface area contributed by atoms with Crippen molar-refractivity contribution in [2.24, 2.45) is 0 Å². The predicted molar refractivity (Wildman–Crippen MR) is 110 cm³/mol. The van der Waals surface area contributed by atoms with Gasteiger partial charge >= 0.3 is 0 Å². The number of benzene rings is 1. The molecule has 6 heteroatoms. The lowest BCUT2D eigenvalue weighted by Crippen LogP contribution is -2.26. The molecule has 5 nitrogen and oxygen atoms in total. The summed E-state index contributed by atoms with van der Waals surface area (Å²) in [5.74, 6) is 0. The summed E-state index contributed by atoms with van der Waals surface area (Å²) in [5.41, 5.74) is 1.34. The third-order valence-electron chi connectivity index (χ3n) is 4.58. The molecule has 0 aliphatic heterocycles. The van der Waals surface area contributed by atoms with Crippen molar-refractivity contribution >= 4 is 15.7 Å². The van der Waals surface area contributed by atoms with Crippen LogP contribution in [0.25, 0.3) is 0 Å². The Hall–Kier alpha value is -1.11. The number of aliphatic hydroxyl groups is 1. The highest BCUT2D eigenvalue weighted by Crippen LogP contribution is 2.21. The van der Waals surface area contributed by atoms with E-state index in [1.54, 1.807) is 24.3 Å². The molecule has 0 bridgehead atoms. The first-order chi connectivity index (χ1) is 12.4. The zero-order valence-electron chi connectivity index (χ0n) is 16.6. The summed E-state index contributed by atoms with van der Waals surface area (Å²) in [7, 11) is -3.27. The largest absolute Gasteiger partial charge is 0.388 e. The van der Waals surface area contributed by atoms with Gasteiger partial charge in [0.1, 0.15) is 0 Å². The second-order valence-corrected chi connectivity index (χ2v) is 8.75. The van der Waals surface area contributed by atoms with Gasteiger partial charge in [-0.25, -0.2) is 8.42 Å². The first-order valence-corrected chi connectivity index (χ1v) is 11.7. The fraction of sp³-hybridized carbons (Fsp3) is 0.700. The number of rotatable bonds is 14. The molecule has 0 saturated heterocycles.